The molecule has 7 nitrogen and oxygen atoms in total. The number of piperidine rings is 1. The summed E-state index contributed by atoms with van der Waals surface area (Å²) in [6, 6.07) is 9.43. The van der Waals surface area contributed by atoms with Gasteiger partial charge in [-0.3, -0.25) is 4.57 Å². The Kier molecular flexibility index (Phi) is 4.18. The molecule has 2 aromatic rings. The van der Waals surface area contributed by atoms with E-state index >= 15 is 0 Å². The maximum Gasteiger partial charge on any atom is 0.345 e. The molecular formula is C16H21N5O2. The number of carbonyl (C=O) groups is 1. The van der Waals surface area contributed by atoms with Gasteiger partial charge in [0.25, 0.3) is 0 Å². The van der Waals surface area contributed by atoms with Gasteiger partial charge < -0.3 is 10.2 Å². The van der Waals surface area contributed by atoms with Crippen molar-refractivity contribution in [3.8, 4) is 0 Å². The molecule has 0 bridgehead atoms. The molecule has 0 atom stereocenters. The summed E-state index contributed by atoms with van der Waals surface area (Å²) >= 11 is 0. The van der Waals surface area contributed by atoms with Crippen LogP contribution >= 0.6 is 0 Å². The lowest BCUT2D eigenvalue weighted by Gasteiger charge is -2.32. The zero-order valence-electron chi connectivity index (χ0n) is 13.4. The van der Waals surface area contributed by atoms with Crippen molar-refractivity contribution in [2.45, 2.75) is 25.8 Å². The number of hydrogen-bond acceptors (Lipinski definition) is 3. The molecule has 1 aliphatic rings. The summed E-state index contributed by atoms with van der Waals surface area (Å²) in [5.74, 6) is 0.727. The number of rotatable bonds is 2. The highest BCUT2D eigenvalue weighted by Crippen LogP contribution is 2.22. The first-order valence-corrected chi connectivity index (χ1v) is 7.79. The summed E-state index contributed by atoms with van der Waals surface area (Å²) in [5, 5.41) is 7.07. The number of nitrogens with one attached hydrogen (secondary N) is 1. The second-order valence-electron chi connectivity index (χ2n) is 5.84. The third-order valence-electron chi connectivity index (χ3n) is 4.27. The molecule has 23 heavy (non-hydrogen) atoms. The van der Waals surface area contributed by atoms with Gasteiger partial charge in [0.15, 0.2) is 0 Å². The van der Waals surface area contributed by atoms with Crippen LogP contribution in [0, 0.1) is 6.92 Å². The van der Waals surface area contributed by atoms with Crippen LogP contribution < -0.4 is 11.0 Å². The molecular weight excluding hydrogens is 294 g/mol. The first-order valence-electron chi connectivity index (χ1n) is 7.79. The van der Waals surface area contributed by atoms with Gasteiger partial charge in [-0.1, -0.05) is 18.2 Å². The largest absolute Gasteiger partial charge is 0.345 e. The van der Waals surface area contributed by atoms with E-state index in [0.717, 1.165) is 24.4 Å². The van der Waals surface area contributed by atoms with Crippen molar-refractivity contribution in [2.24, 2.45) is 7.05 Å². The molecule has 0 radical (unpaired) electrons. The smallest absolute Gasteiger partial charge is 0.324 e. The van der Waals surface area contributed by atoms with E-state index in [2.05, 4.69) is 10.4 Å². The van der Waals surface area contributed by atoms with Gasteiger partial charge in [0, 0.05) is 31.9 Å². The number of nitrogens with zero attached hydrogens (tertiary/aromatic N) is 4. The lowest BCUT2D eigenvalue weighted by molar-refractivity contribution is 0.182. The van der Waals surface area contributed by atoms with Crippen LogP contribution in [0.15, 0.2) is 35.1 Å². The number of aryl methyl sites for hydroxylation is 2. The van der Waals surface area contributed by atoms with Crippen molar-refractivity contribution in [1.29, 1.82) is 0 Å². The van der Waals surface area contributed by atoms with Gasteiger partial charge in [-0.2, -0.15) is 5.10 Å². The Morgan fingerprint density at radius 1 is 1.22 bits per heavy atom. The molecule has 1 aromatic carbocycles. The Bertz CT molecular complexity index is 742. The monoisotopic (exact) mass is 315 g/mol. The number of carbonyl (C=O) groups excluding carboxylic acids is 1. The molecule has 1 fully saturated rings. The van der Waals surface area contributed by atoms with Gasteiger partial charge in [-0.15, -0.1) is 0 Å². The Labute approximate surface area is 134 Å². The fourth-order valence-electron chi connectivity index (χ4n) is 3.07. The van der Waals surface area contributed by atoms with E-state index < -0.39 is 0 Å². The van der Waals surface area contributed by atoms with E-state index in [9.17, 15) is 9.59 Å². The molecule has 0 aliphatic carbocycles. The molecule has 7 heteroatoms. The van der Waals surface area contributed by atoms with Gasteiger partial charge >= 0.3 is 11.7 Å². The van der Waals surface area contributed by atoms with Crippen LogP contribution in [-0.4, -0.2) is 38.4 Å². The van der Waals surface area contributed by atoms with Gasteiger partial charge in [-0.05, 0) is 31.9 Å². The summed E-state index contributed by atoms with van der Waals surface area (Å²) < 4.78 is 3.11. The van der Waals surface area contributed by atoms with Crippen LogP contribution in [0.1, 0.15) is 24.7 Å². The lowest BCUT2D eigenvalue weighted by atomic mass is 10.1. The molecule has 122 valence electrons. The molecule has 0 spiro atoms. The quantitative estimate of drug-likeness (QED) is 0.918. The van der Waals surface area contributed by atoms with Gasteiger partial charge in [0.05, 0.1) is 0 Å². The molecule has 1 saturated heterocycles. The Morgan fingerprint density at radius 2 is 1.87 bits per heavy atom. The van der Waals surface area contributed by atoms with Crippen LogP contribution in [0.4, 0.5) is 10.5 Å². The summed E-state index contributed by atoms with van der Waals surface area (Å²) in [5.41, 5.74) is 0.702. The van der Waals surface area contributed by atoms with E-state index in [-0.39, 0.29) is 17.8 Å². The minimum Gasteiger partial charge on any atom is -0.324 e. The first-order chi connectivity index (χ1) is 11.1. The predicted octanol–water partition coefficient (Wildman–Crippen LogP) is 1.76. The maximum atomic E-state index is 12.3. The standard InChI is InChI=1S/C16H21N5O2/c1-12-18-19(2)16(23)21(12)14-8-10-20(11-9-14)15(22)17-13-6-4-3-5-7-13/h3-7,14H,8-11H2,1-2H3,(H,17,22). The molecule has 0 saturated carbocycles. The predicted molar refractivity (Wildman–Crippen MR) is 87.5 cm³/mol. The Hall–Kier alpha value is -2.57. The van der Waals surface area contributed by atoms with Crippen LogP contribution in [0.2, 0.25) is 0 Å². The van der Waals surface area contributed by atoms with Crippen LogP contribution in [0.3, 0.4) is 0 Å². The van der Waals surface area contributed by atoms with Crippen molar-refractivity contribution in [1.82, 2.24) is 19.2 Å². The second kappa shape index (κ2) is 6.28. The van der Waals surface area contributed by atoms with Crippen molar-refractivity contribution < 1.29 is 4.79 Å². The number of aromatic nitrogens is 3. The Balaban J connectivity index is 1.62. The number of anilines is 1. The number of amides is 2. The third kappa shape index (κ3) is 3.13. The molecule has 1 N–H and O–H groups in total. The minimum absolute atomic E-state index is 0.0883. The minimum atomic E-state index is -0.0927. The van der Waals surface area contributed by atoms with E-state index in [0.29, 0.717) is 13.1 Å². The topological polar surface area (TPSA) is 72.2 Å². The average molecular weight is 315 g/mol. The number of para-hydroxylation sites is 1. The zero-order chi connectivity index (χ0) is 16.4. The number of likely N-dealkylation sites (tertiary alicyclic amines) is 1. The third-order valence-corrected chi connectivity index (χ3v) is 4.27. The molecule has 0 unspecified atom stereocenters. The van der Waals surface area contributed by atoms with Gasteiger partial charge in [0.2, 0.25) is 0 Å². The summed E-state index contributed by atoms with van der Waals surface area (Å²) in [4.78, 5) is 26.2. The zero-order valence-corrected chi connectivity index (χ0v) is 13.4. The molecule has 1 aliphatic heterocycles. The highest BCUT2D eigenvalue weighted by Gasteiger charge is 2.26. The lowest BCUT2D eigenvalue weighted by Crippen LogP contribution is -2.43. The van der Waals surface area contributed by atoms with E-state index in [1.165, 1.54) is 4.68 Å². The van der Waals surface area contributed by atoms with Crippen LogP contribution in [0.25, 0.3) is 0 Å². The maximum absolute atomic E-state index is 12.3. The van der Waals surface area contributed by atoms with E-state index in [1.54, 1.807) is 16.5 Å². The molecule has 2 amide bonds. The van der Waals surface area contributed by atoms with Crippen molar-refractivity contribution in [3.63, 3.8) is 0 Å². The average Bonchev–Trinajstić information content (AvgIpc) is 2.81. The van der Waals surface area contributed by atoms with Gasteiger partial charge in [-0.25, -0.2) is 14.3 Å². The number of urea groups is 1. The molecule has 2 heterocycles. The SMILES string of the molecule is Cc1nn(C)c(=O)n1C1CCN(C(=O)Nc2ccccc2)CC1. The summed E-state index contributed by atoms with van der Waals surface area (Å²) in [7, 11) is 1.66. The van der Waals surface area contributed by atoms with E-state index in [1.807, 2.05) is 37.3 Å². The molecule has 3 rings (SSSR count). The van der Waals surface area contributed by atoms with Crippen molar-refractivity contribution in [2.75, 3.05) is 18.4 Å². The number of benzene rings is 1. The van der Waals surface area contributed by atoms with Crippen LogP contribution in [0.5, 0.6) is 0 Å². The van der Waals surface area contributed by atoms with Gasteiger partial charge in [0.1, 0.15) is 5.82 Å². The van der Waals surface area contributed by atoms with Crippen molar-refractivity contribution in [3.05, 3.63) is 46.6 Å². The first kappa shape index (κ1) is 15.3. The van der Waals surface area contributed by atoms with E-state index in [4.69, 9.17) is 0 Å². The molecule has 1 aromatic heterocycles. The van der Waals surface area contributed by atoms with Crippen LogP contribution in [-0.2, 0) is 7.05 Å². The Morgan fingerprint density at radius 3 is 2.43 bits per heavy atom. The number of hydrogen-bond donors (Lipinski definition) is 1. The second-order valence-corrected chi connectivity index (χ2v) is 5.84. The summed E-state index contributed by atoms with van der Waals surface area (Å²) in [6.45, 7) is 3.10. The normalized spacial score (nSPS) is 15.7. The fraction of sp³-hybridized carbons (Fsp3) is 0.438. The fourth-order valence-corrected chi connectivity index (χ4v) is 3.07. The summed E-state index contributed by atoms with van der Waals surface area (Å²) in [6.07, 6.45) is 1.52. The van der Waals surface area contributed by atoms with Crippen molar-refractivity contribution >= 4 is 11.7 Å². The highest BCUT2D eigenvalue weighted by molar-refractivity contribution is 5.89. The highest BCUT2D eigenvalue weighted by atomic mass is 16.2.